The van der Waals surface area contributed by atoms with Crippen LogP contribution in [0.3, 0.4) is 0 Å². The van der Waals surface area contributed by atoms with Crippen LogP contribution >= 0.6 is 50.2 Å². The van der Waals surface area contributed by atoms with Gasteiger partial charge < -0.3 is 5.11 Å². The van der Waals surface area contributed by atoms with Gasteiger partial charge in [0.15, 0.2) is 0 Å². The highest BCUT2D eigenvalue weighted by Gasteiger charge is 2.17. The number of aliphatic hydroxyl groups is 1. The smallest absolute Gasteiger partial charge is 0.114 e. The average Bonchev–Trinajstić information content (AvgIpc) is 2.74. The molecular formula is C10H8BrClOS2. The molecule has 0 aliphatic carbocycles. The van der Waals surface area contributed by atoms with Crippen LogP contribution in [0.1, 0.15) is 22.1 Å². The minimum absolute atomic E-state index is 0.565. The van der Waals surface area contributed by atoms with Gasteiger partial charge >= 0.3 is 0 Å². The van der Waals surface area contributed by atoms with Crippen molar-refractivity contribution in [1.82, 2.24) is 0 Å². The Morgan fingerprint density at radius 3 is 2.67 bits per heavy atom. The molecule has 0 aliphatic heterocycles. The van der Waals surface area contributed by atoms with Gasteiger partial charge in [-0.25, -0.2) is 0 Å². The average molecular weight is 324 g/mol. The maximum absolute atomic E-state index is 10.1. The van der Waals surface area contributed by atoms with Gasteiger partial charge in [-0.1, -0.05) is 11.6 Å². The number of rotatable bonds is 2. The maximum Gasteiger partial charge on any atom is 0.114 e. The lowest BCUT2D eigenvalue weighted by Gasteiger charge is -2.07. The summed E-state index contributed by atoms with van der Waals surface area (Å²) >= 11 is 12.3. The summed E-state index contributed by atoms with van der Waals surface area (Å²) in [5.41, 5.74) is 2.08. The lowest BCUT2D eigenvalue weighted by atomic mass is 10.1. The molecule has 0 amide bonds. The minimum Gasteiger partial charge on any atom is -0.383 e. The predicted molar refractivity (Wildman–Crippen MR) is 70.1 cm³/mol. The highest BCUT2D eigenvalue weighted by Crippen LogP contribution is 2.38. The van der Waals surface area contributed by atoms with Crippen LogP contribution in [0.4, 0.5) is 0 Å². The molecule has 1 N–H and O–H groups in total. The summed E-state index contributed by atoms with van der Waals surface area (Å²) < 4.78 is 0.867. The van der Waals surface area contributed by atoms with Crippen molar-refractivity contribution < 1.29 is 5.11 Å². The van der Waals surface area contributed by atoms with E-state index in [1.807, 2.05) is 17.7 Å². The molecule has 1 unspecified atom stereocenters. The van der Waals surface area contributed by atoms with E-state index in [0.29, 0.717) is 5.02 Å². The zero-order valence-corrected chi connectivity index (χ0v) is 11.8. The normalized spacial score (nSPS) is 13.1. The standard InChI is InChI=1S/C10H8BrClOS2/c1-5-3-14-4-6(5)9(13)8-2-7(12)10(11)15-8/h2-4,9,13H,1H3. The fourth-order valence-electron chi connectivity index (χ4n) is 1.30. The first kappa shape index (κ1) is 11.6. The Bertz CT molecular complexity index is 458. The molecule has 0 fully saturated rings. The molecule has 0 saturated carbocycles. The number of halogens is 2. The Morgan fingerprint density at radius 1 is 1.47 bits per heavy atom. The second kappa shape index (κ2) is 4.55. The molecule has 2 rings (SSSR count). The zero-order valence-electron chi connectivity index (χ0n) is 7.83. The molecule has 80 valence electrons. The van der Waals surface area contributed by atoms with Crippen LogP contribution in [-0.4, -0.2) is 5.11 Å². The number of thiophene rings is 2. The summed E-state index contributed by atoms with van der Waals surface area (Å²) in [6.07, 6.45) is -0.565. The Balaban J connectivity index is 2.36. The van der Waals surface area contributed by atoms with Gasteiger partial charge in [-0.2, -0.15) is 11.3 Å². The molecule has 0 saturated heterocycles. The number of aliphatic hydroxyl groups excluding tert-OH is 1. The lowest BCUT2D eigenvalue weighted by molar-refractivity contribution is 0.224. The Hall–Kier alpha value is 0.130. The minimum atomic E-state index is -0.565. The summed E-state index contributed by atoms with van der Waals surface area (Å²) in [6, 6.07) is 1.80. The van der Waals surface area contributed by atoms with E-state index in [9.17, 15) is 5.11 Å². The monoisotopic (exact) mass is 322 g/mol. The van der Waals surface area contributed by atoms with Gasteiger partial charge in [-0.15, -0.1) is 11.3 Å². The Morgan fingerprint density at radius 2 is 2.20 bits per heavy atom. The molecule has 0 aliphatic rings. The Kier molecular flexibility index (Phi) is 3.52. The highest BCUT2D eigenvalue weighted by molar-refractivity contribution is 9.11. The molecule has 0 radical (unpaired) electrons. The van der Waals surface area contributed by atoms with Crippen molar-refractivity contribution in [2.45, 2.75) is 13.0 Å². The maximum atomic E-state index is 10.1. The van der Waals surface area contributed by atoms with Gasteiger partial charge in [-0.3, -0.25) is 0 Å². The van der Waals surface area contributed by atoms with Gasteiger partial charge in [0.1, 0.15) is 6.10 Å². The highest BCUT2D eigenvalue weighted by atomic mass is 79.9. The molecule has 0 bridgehead atoms. The van der Waals surface area contributed by atoms with E-state index < -0.39 is 6.10 Å². The summed E-state index contributed by atoms with van der Waals surface area (Å²) in [6.45, 7) is 2.00. The van der Waals surface area contributed by atoms with E-state index in [1.54, 1.807) is 17.4 Å². The van der Waals surface area contributed by atoms with Gasteiger partial charge in [0.05, 0.1) is 8.81 Å². The largest absolute Gasteiger partial charge is 0.383 e. The van der Waals surface area contributed by atoms with E-state index in [1.165, 1.54) is 11.3 Å². The molecule has 2 aromatic rings. The van der Waals surface area contributed by atoms with Crippen molar-refractivity contribution in [2.75, 3.05) is 0 Å². The zero-order chi connectivity index (χ0) is 11.0. The lowest BCUT2D eigenvalue weighted by Crippen LogP contribution is -1.96. The summed E-state index contributed by atoms with van der Waals surface area (Å²) in [5, 5.41) is 14.8. The van der Waals surface area contributed by atoms with E-state index in [2.05, 4.69) is 15.9 Å². The second-order valence-corrected chi connectivity index (χ2v) is 6.74. The molecule has 0 aromatic carbocycles. The molecular weight excluding hydrogens is 316 g/mol. The first-order valence-electron chi connectivity index (χ1n) is 4.25. The van der Waals surface area contributed by atoms with Gasteiger partial charge in [0.25, 0.3) is 0 Å². The van der Waals surface area contributed by atoms with Gasteiger partial charge in [0.2, 0.25) is 0 Å². The summed E-state index contributed by atoms with van der Waals surface area (Å²) in [5.74, 6) is 0. The number of hydrogen-bond donors (Lipinski definition) is 1. The Labute approximate surface area is 109 Å². The van der Waals surface area contributed by atoms with E-state index >= 15 is 0 Å². The summed E-state index contributed by atoms with van der Waals surface area (Å²) in [4.78, 5) is 0.869. The van der Waals surface area contributed by atoms with Crippen LogP contribution in [0.15, 0.2) is 20.6 Å². The van der Waals surface area contributed by atoms with Gasteiger partial charge in [0, 0.05) is 4.88 Å². The van der Waals surface area contributed by atoms with Crippen molar-refractivity contribution in [3.05, 3.63) is 41.6 Å². The van der Waals surface area contributed by atoms with Crippen molar-refractivity contribution in [1.29, 1.82) is 0 Å². The van der Waals surface area contributed by atoms with Crippen molar-refractivity contribution >= 4 is 50.2 Å². The van der Waals surface area contributed by atoms with E-state index in [-0.39, 0.29) is 0 Å². The quantitative estimate of drug-likeness (QED) is 0.855. The topological polar surface area (TPSA) is 20.2 Å². The first-order valence-corrected chi connectivity index (χ1v) is 7.18. The van der Waals surface area contributed by atoms with Crippen LogP contribution in [0, 0.1) is 6.92 Å². The molecule has 2 aromatic heterocycles. The third-order valence-electron chi connectivity index (χ3n) is 2.12. The van der Waals surface area contributed by atoms with E-state index in [0.717, 1.165) is 19.8 Å². The molecule has 1 atom stereocenters. The fraction of sp³-hybridized carbons (Fsp3) is 0.200. The second-order valence-electron chi connectivity index (χ2n) is 3.18. The number of aryl methyl sites for hydroxylation is 1. The van der Waals surface area contributed by atoms with Crippen molar-refractivity contribution in [2.24, 2.45) is 0 Å². The van der Waals surface area contributed by atoms with Crippen LogP contribution in [0.5, 0.6) is 0 Å². The van der Waals surface area contributed by atoms with Crippen LogP contribution < -0.4 is 0 Å². The SMILES string of the molecule is Cc1cscc1C(O)c1cc(Cl)c(Br)s1. The summed E-state index contributed by atoms with van der Waals surface area (Å²) in [7, 11) is 0. The third kappa shape index (κ3) is 2.29. The molecule has 2 heterocycles. The first-order chi connectivity index (χ1) is 7.09. The van der Waals surface area contributed by atoms with Gasteiger partial charge in [-0.05, 0) is 50.8 Å². The third-order valence-corrected chi connectivity index (χ3v) is 5.53. The van der Waals surface area contributed by atoms with Crippen LogP contribution in [0.25, 0.3) is 0 Å². The van der Waals surface area contributed by atoms with Crippen LogP contribution in [0.2, 0.25) is 5.02 Å². The molecule has 15 heavy (non-hydrogen) atoms. The van der Waals surface area contributed by atoms with Crippen molar-refractivity contribution in [3.8, 4) is 0 Å². The molecule has 1 nitrogen and oxygen atoms in total. The fourth-order valence-corrected chi connectivity index (χ4v) is 3.92. The van der Waals surface area contributed by atoms with E-state index in [4.69, 9.17) is 11.6 Å². The number of hydrogen-bond acceptors (Lipinski definition) is 3. The predicted octanol–water partition coefficient (Wildman–Crippen LogP) is 4.62. The molecule has 0 spiro atoms. The van der Waals surface area contributed by atoms with Crippen molar-refractivity contribution in [3.63, 3.8) is 0 Å². The van der Waals surface area contributed by atoms with Crippen LogP contribution in [-0.2, 0) is 0 Å². The molecule has 5 heteroatoms.